The zero-order valence-corrected chi connectivity index (χ0v) is 16.7. The fourth-order valence-electron chi connectivity index (χ4n) is 2.57. The van der Waals surface area contributed by atoms with E-state index in [1.54, 1.807) is 57.2 Å². The SMILES string of the molecule is CC(C)(C)OC(=O)C1=Nc2ccccc2C1NC(=O)Oc1ccc(Br)cc1. The summed E-state index contributed by atoms with van der Waals surface area (Å²) in [5.74, 6) is -0.189. The Morgan fingerprint density at radius 3 is 2.41 bits per heavy atom. The van der Waals surface area contributed by atoms with Crippen molar-refractivity contribution in [2.75, 3.05) is 0 Å². The van der Waals surface area contributed by atoms with Crippen molar-refractivity contribution in [2.24, 2.45) is 4.99 Å². The van der Waals surface area contributed by atoms with Gasteiger partial charge in [-0.3, -0.25) is 0 Å². The second kappa shape index (κ2) is 7.52. The van der Waals surface area contributed by atoms with Crippen LogP contribution >= 0.6 is 15.9 Å². The van der Waals surface area contributed by atoms with E-state index in [-0.39, 0.29) is 5.71 Å². The molecule has 2 aromatic carbocycles. The first-order chi connectivity index (χ1) is 12.7. The maximum absolute atomic E-state index is 12.6. The first kappa shape index (κ1) is 19.1. The predicted molar refractivity (Wildman–Crippen MR) is 105 cm³/mol. The number of nitrogens with zero attached hydrogens (tertiary/aromatic N) is 1. The summed E-state index contributed by atoms with van der Waals surface area (Å²) in [6.45, 7) is 5.33. The van der Waals surface area contributed by atoms with Crippen molar-refractivity contribution >= 4 is 39.4 Å². The maximum Gasteiger partial charge on any atom is 0.413 e. The van der Waals surface area contributed by atoms with Crippen LogP contribution in [-0.4, -0.2) is 23.4 Å². The maximum atomic E-state index is 12.6. The van der Waals surface area contributed by atoms with Gasteiger partial charge in [-0.1, -0.05) is 34.1 Å². The number of hydrogen-bond acceptors (Lipinski definition) is 5. The number of fused-ring (bicyclic) bond motifs is 1. The number of carbonyl (C=O) groups excluding carboxylic acids is 2. The summed E-state index contributed by atoms with van der Waals surface area (Å²) in [5, 5.41) is 2.71. The van der Waals surface area contributed by atoms with Crippen molar-refractivity contribution in [3.63, 3.8) is 0 Å². The number of rotatable bonds is 3. The minimum atomic E-state index is -0.737. The normalized spacial score (nSPS) is 15.6. The number of carbonyl (C=O) groups is 2. The van der Waals surface area contributed by atoms with Crippen molar-refractivity contribution in [1.82, 2.24) is 5.32 Å². The van der Waals surface area contributed by atoms with Gasteiger partial charge in [-0.25, -0.2) is 14.6 Å². The van der Waals surface area contributed by atoms with Crippen molar-refractivity contribution in [3.8, 4) is 5.75 Å². The topological polar surface area (TPSA) is 77.0 Å². The molecule has 0 aromatic heterocycles. The molecule has 1 N–H and O–H groups in total. The Balaban J connectivity index is 1.80. The first-order valence-electron chi connectivity index (χ1n) is 8.38. The molecule has 0 aliphatic carbocycles. The van der Waals surface area contributed by atoms with Crippen molar-refractivity contribution in [1.29, 1.82) is 0 Å². The van der Waals surface area contributed by atoms with Crippen LogP contribution in [0.3, 0.4) is 0 Å². The Hall–Kier alpha value is -2.67. The van der Waals surface area contributed by atoms with Crippen LogP contribution in [0.4, 0.5) is 10.5 Å². The van der Waals surface area contributed by atoms with E-state index in [0.29, 0.717) is 17.0 Å². The minimum Gasteiger partial charge on any atom is -0.455 e. The second-order valence-electron chi connectivity index (χ2n) is 6.98. The lowest BCUT2D eigenvalue weighted by Crippen LogP contribution is -2.39. The van der Waals surface area contributed by atoms with E-state index in [1.165, 1.54) is 0 Å². The number of ether oxygens (including phenoxy) is 2. The molecule has 2 aromatic rings. The summed E-state index contributed by atoms with van der Waals surface area (Å²) in [4.78, 5) is 29.3. The average Bonchev–Trinajstić information content (AvgIpc) is 2.94. The highest BCUT2D eigenvalue weighted by Gasteiger charge is 2.36. The highest BCUT2D eigenvalue weighted by molar-refractivity contribution is 9.10. The molecule has 0 fully saturated rings. The lowest BCUT2D eigenvalue weighted by atomic mass is 10.0. The van der Waals surface area contributed by atoms with E-state index in [4.69, 9.17) is 9.47 Å². The van der Waals surface area contributed by atoms with Crippen molar-refractivity contribution in [3.05, 3.63) is 58.6 Å². The molecule has 6 nitrogen and oxygen atoms in total. The molecule has 1 atom stereocenters. The van der Waals surface area contributed by atoms with Crippen LogP contribution in [0.25, 0.3) is 0 Å². The smallest absolute Gasteiger partial charge is 0.413 e. The van der Waals surface area contributed by atoms with Crippen LogP contribution in [0.5, 0.6) is 5.75 Å². The van der Waals surface area contributed by atoms with Crippen molar-refractivity contribution < 1.29 is 19.1 Å². The van der Waals surface area contributed by atoms with E-state index < -0.39 is 23.7 Å². The molecule has 1 aliphatic heterocycles. The first-order valence-corrected chi connectivity index (χ1v) is 9.17. The molecular weight excluding hydrogens is 412 g/mol. The van der Waals surface area contributed by atoms with Gasteiger partial charge in [0.15, 0.2) is 5.71 Å². The third-order valence-electron chi connectivity index (χ3n) is 3.66. The molecule has 1 amide bonds. The number of nitrogens with one attached hydrogen (secondary N) is 1. The van der Waals surface area contributed by atoms with E-state index >= 15 is 0 Å². The van der Waals surface area contributed by atoms with Crippen molar-refractivity contribution in [2.45, 2.75) is 32.4 Å². The number of amides is 1. The predicted octanol–water partition coefficient (Wildman–Crippen LogP) is 4.71. The third kappa shape index (κ3) is 4.74. The van der Waals surface area contributed by atoms with Gasteiger partial charge in [0.25, 0.3) is 0 Å². The lowest BCUT2D eigenvalue weighted by molar-refractivity contribution is -0.146. The monoisotopic (exact) mass is 430 g/mol. The van der Waals surface area contributed by atoms with Crippen LogP contribution in [-0.2, 0) is 9.53 Å². The molecule has 140 valence electrons. The van der Waals surface area contributed by atoms with Gasteiger partial charge in [-0.15, -0.1) is 0 Å². The summed E-state index contributed by atoms with van der Waals surface area (Å²) in [5.41, 5.74) is 0.786. The molecule has 0 spiro atoms. The van der Waals surface area contributed by atoms with E-state index in [1.807, 2.05) is 12.1 Å². The standard InChI is InChI=1S/C20H19BrN2O4/c1-20(2,3)27-18(24)17-16(14-6-4-5-7-15(14)22-17)23-19(25)26-13-10-8-12(21)9-11-13/h4-11,16H,1-3H3,(H,23,25). The fraction of sp³-hybridized carbons (Fsp3) is 0.250. The Morgan fingerprint density at radius 1 is 1.07 bits per heavy atom. The minimum absolute atomic E-state index is 0.124. The van der Waals surface area contributed by atoms with Gasteiger partial charge in [0.05, 0.1) is 5.69 Å². The van der Waals surface area contributed by atoms with Crippen LogP contribution in [0.1, 0.15) is 32.4 Å². The number of para-hydroxylation sites is 1. The number of hydrogen-bond donors (Lipinski definition) is 1. The number of aliphatic imine (C=N–C) groups is 1. The number of halogens is 1. The molecule has 0 radical (unpaired) electrons. The number of esters is 1. The van der Waals surface area contributed by atoms with Gasteiger partial charge in [-0.2, -0.15) is 0 Å². The Kier molecular flexibility index (Phi) is 5.32. The highest BCUT2D eigenvalue weighted by atomic mass is 79.9. The zero-order chi connectivity index (χ0) is 19.6. The Morgan fingerprint density at radius 2 is 1.74 bits per heavy atom. The van der Waals surface area contributed by atoms with Crippen LogP contribution < -0.4 is 10.1 Å². The Bertz CT molecular complexity index is 901. The number of benzene rings is 2. The van der Waals surface area contributed by atoms with Crippen LogP contribution in [0.2, 0.25) is 0 Å². The van der Waals surface area contributed by atoms with Gasteiger partial charge in [-0.05, 0) is 51.1 Å². The Labute approximate surface area is 165 Å². The van der Waals surface area contributed by atoms with Crippen LogP contribution in [0.15, 0.2) is 58.0 Å². The molecule has 1 unspecified atom stereocenters. The molecule has 3 rings (SSSR count). The average molecular weight is 431 g/mol. The molecule has 1 aliphatic rings. The van der Waals surface area contributed by atoms with Gasteiger partial charge in [0.1, 0.15) is 17.4 Å². The second-order valence-corrected chi connectivity index (χ2v) is 7.89. The quantitative estimate of drug-likeness (QED) is 0.715. The molecule has 0 bridgehead atoms. The molecular formula is C20H19BrN2O4. The van der Waals surface area contributed by atoms with Gasteiger partial charge in [0, 0.05) is 10.0 Å². The lowest BCUT2D eigenvalue weighted by Gasteiger charge is -2.22. The summed E-state index contributed by atoms with van der Waals surface area (Å²) >= 11 is 3.33. The molecule has 7 heteroatoms. The summed E-state index contributed by atoms with van der Waals surface area (Å²) in [6, 6.07) is 13.3. The fourth-order valence-corrected chi connectivity index (χ4v) is 2.84. The van der Waals surface area contributed by atoms with E-state index in [9.17, 15) is 9.59 Å². The summed E-state index contributed by atoms with van der Waals surface area (Å²) in [6.07, 6.45) is -0.685. The zero-order valence-electron chi connectivity index (χ0n) is 15.2. The van der Waals surface area contributed by atoms with E-state index in [2.05, 4.69) is 26.2 Å². The largest absolute Gasteiger partial charge is 0.455 e. The van der Waals surface area contributed by atoms with E-state index in [0.717, 1.165) is 4.47 Å². The third-order valence-corrected chi connectivity index (χ3v) is 4.19. The molecule has 27 heavy (non-hydrogen) atoms. The highest BCUT2D eigenvalue weighted by Crippen LogP contribution is 2.34. The van der Waals surface area contributed by atoms with Gasteiger partial charge >= 0.3 is 12.1 Å². The molecule has 1 heterocycles. The van der Waals surface area contributed by atoms with Crippen LogP contribution in [0, 0.1) is 0 Å². The molecule has 0 saturated carbocycles. The summed E-state index contributed by atoms with van der Waals surface area (Å²) < 4.78 is 11.6. The van der Waals surface area contributed by atoms with Gasteiger partial charge < -0.3 is 14.8 Å². The van der Waals surface area contributed by atoms with Gasteiger partial charge in [0.2, 0.25) is 0 Å². The summed E-state index contributed by atoms with van der Waals surface area (Å²) in [7, 11) is 0. The molecule has 0 saturated heterocycles.